The van der Waals surface area contributed by atoms with Gasteiger partial charge in [0.25, 0.3) is 0 Å². The van der Waals surface area contributed by atoms with E-state index >= 15 is 0 Å². The van der Waals surface area contributed by atoms with E-state index < -0.39 is 10.0 Å². The van der Waals surface area contributed by atoms with Gasteiger partial charge in [-0.25, -0.2) is 8.42 Å². The fraction of sp³-hybridized carbons (Fsp3) is 0.714. The van der Waals surface area contributed by atoms with Gasteiger partial charge < -0.3 is 4.42 Å². The SMILES string of the molecule is CCC1CCCN(S(=O)(=O)c2c(C)oc(C)c2CCl)C1. The van der Waals surface area contributed by atoms with Gasteiger partial charge >= 0.3 is 0 Å². The van der Waals surface area contributed by atoms with Gasteiger partial charge in [0.1, 0.15) is 16.4 Å². The zero-order valence-electron chi connectivity index (χ0n) is 12.3. The molecule has 1 aromatic heterocycles. The Balaban J connectivity index is 2.40. The van der Waals surface area contributed by atoms with Crippen LogP contribution in [0.4, 0.5) is 0 Å². The lowest BCUT2D eigenvalue weighted by Crippen LogP contribution is -2.40. The molecule has 0 aliphatic carbocycles. The molecule has 0 saturated carbocycles. The predicted molar refractivity (Wildman–Crippen MR) is 79.5 cm³/mol. The van der Waals surface area contributed by atoms with E-state index in [-0.39, 0.29) is 10.8 Å². The molecule has 0 aromatic carbocycles. The van der Waals surface area contributed by atoms with Crippen LogP contribution in [0, 0.1) is 19.8 Å². The molecule has 114 valence electrons. The number of alkyl halides is 1. The quantitative estimate of drug-likeness (QED) is 0.799. The monoisotopic (exact) mass is 319 g/mol. The van der Waals surface area contributed by atoms with E-state index in [0.717, 1.165) is 19.3 Å². The third kappa shape index (κ3) is 2.76. The summed E-state index contributed by atoms with van der Waals surface area (Å²) in [6, 6.07) is 0. The topological polar surface area (TPSA) is 50.5 Å². The molecule has 1 unspecified atom stereocenters. The lowest BCUT2D eigenvalue weighted by molar-refractivity contribution is 0.261. The molecule has 1 aliphatic rings. The van der Waals surface area contributed by atoms with E-state index in [1.165, 1.54) is 0 Å². The Morgan fingerprint density at radius 3 is 2.65 bits per heavy atom. The maximum absolute atomic E-state index is 12.9. The first-order valence-corrected chi connectivity index (χ1v) is 9.04. The summed E-state index contributed by atoms with van der Waals surface area (Å²) in [5.41, 5.74) is 0.600. The van der Waals surface area contributed by atoms with Gasteiger partial charge in [-0.3, -0.25) is 0 Å². The maximum Gasteiger partial charge on any atom is 0.246 e. The molecule has 0 amide bonds. The van der Waals surface area contributed by atoms with Gasteiger partial charge in [-0.2, -0.15) is 4.31 Å². The molecule has 0 radical (unpaired) electrons. The number of rotatable bonds is 4. The number of nitrogens with zero attached hydrogens (tertiary/aromatic N) is 1. The van der Waals surface area contributed by atoms with E-state index in [1.807, 2.05) is 0 Å². The summed E-state index contributed by atoms with van der Waals surface area (Å²) in [5.74, 6) is 1.64. The van der Waals surface area contributed by atoms with Crippen molar-refractivity contribution < 1.29 is 12.8 Å². The second-order valence-electron chi connectivity index (χ2n) is 5.44. The molecule has 1 atom stereocenters. The van der Waals surface area contributed by atoms with Crippen LogP contribution >= 0.6 is 11.6 Å². The van der Waals surface area contributed by atoms with Gasteiger partial charge in [-0.1, -0.05) is 13.3 Å². The molecular weight excluding hydrogens is 298 g/mol. The molecule has 0 spiro atoms. The summed E-state index contributed by atoms with van der Waals surface area (Å²) >= 11 is 5.91. The molecule has 4 nitrogen and oxygen atoms in total. The van der Waals surface area contributed by atoms with E-state index in [9.17, 15) is 8.42 Å². The lowest BCUT2D eigenvalue weighted by atomic mass is 9.97. The molecule has 1 fully saturated rings. The third-order valence-corrected chi connectivity index (χ3v) is 6.44. The predicted octanol–water partition coefficient (Wildman–Crippen LogP) is 3.45. The highest BCUT2D eigenvalue weighted by atomic mass is 35.5. The van der Waals surface area contributed by atoms with Crippen molar-refractivity contribution in [3.63, 3.8) is 0 Å². The van der Waals surface area contributed by atoms with Crippen molar-refractivity contribution in [2.75, 3.05) is 13.1 Å². The summed E-state index contributed by atoms with van der Waals surface area (Å²) < 4.78 is 32.8. The minimum Gasteiger partial charge on any atom is -0.465 e. The summed E-state index contributed by atoms with van der Waals surface area (Å²) in [7, 11) is -3.50. The molecule has 2 rings (SSSR count). The minimum atomic E-state index is -3.50. The Labute approximate surface area is 126 Å². The van der Waals surface area contributed by atoms with Gasteiger partial charge in [0, 0.05) is 18.7 Å². The van der Waals surface area contributed by atoms with Crippen LogP contribution in [0.5, 0.6) is 0 Å². The second-order valence-corrected chi connectivity index (χ2v) is 7.58. The second kappa shape index (κ2) is 6.08. The van der Waals surface area contributed by atoms with Crippen molar-refractivity contribution in [1.29, 1.82) is 0 Å². The highest BCUT2D eigenvalue weighted by Gasteiger charge is 2.34. The summed E-state index contributed by atoms with van der Waals surface area (Å²) in [4.78, 5) is 0.279. The van der Waals surface area contributed by atoms with Crippen LogP contribution in [0.3, 0.4) is 0 Å². The Bertz CT molecular complexity index is 579. The fourth-order valence-electron chi connectivity index (χ4n) is 2.91. The van der Waals surface area contributed by atoms with Gasteiger partial charge in [0.2, 0.25) is 10.0 Å². The van der Waals surface area contributed by atoms with Crippen LogP contribution in [-0.4, -0.2) is 25.8 Å². The zero-order chi connectivity index (χ0) is 14.9. The van der Waals surface area contributed by atoms with Crippen molar-refractivity contribution in [2.24, 2.45) is 5.92 Å². The van der Waals surface area contributed by atoms with E-state index in [2.05, 4.69) is 6.92 Å². The van der Waals surface area contributed by atoms with Crippen LogP contribution in [0.25, 0.3) is 0 Å². The van der Waals surface area contributed by atoms with Gasteiger partial charge in [-0.15, -0.1) is 11.6 Å². The Morgan fingerprint density at radius 1 is 1.35 bits per heavy atom. The van der Waals surface area contributed by atoms with E-state index in [0.29, 0.717) is 36.1 Å². The van der Waals surface area contributed by atoms with E-state index in [1.54, 1.807) is 18.2 Å². The Morgan fingerprint density at radius 2 is 2.05 bits per heavy atom. The van der Waals surface area contributed by atoms with Crippen LogP contribution < -0.4 is 0 Å². The highest BCUT2D eigenvalue weighted by molar-refractivity contribution is 7.89. The Kier molecular flexibility index (Phi) is 4.82. The van der Waals surface area contributed by atoms with Crippen LogP contribution in [-0.2, 0) is 15.9 Å². The highest BCUT2D eigenvalue weighted by Crippen LogP contribution is 2.32. The number of halogens is 1. The van der Waals surface area contributed by atoms with Crippen molar-refractivity contribution >= 4 is 21.6 Å². The summed E-state index contributed by atoms with van der Waals surface area (Å²) in [6.45, 7) is 6.75. The number of sulfonamides is 1. The number of hydrogen-bond donors (Lipinski definition) is 0. The molecule has 1 aromatic rings. The average molecular weight is 320 g/mol. The first-order chi connectivity index (χ1) is 9.41. The minimum absolute atomic E-state index is 0.156. The largest absolute Gasteiger partial charge is 0.465 e. The molecule has 1 aliphatic heterocycles. The van der Waals surface area contributed by atoms with Crippen LogP contribution in [0.15, 0.2) is 9.31 Å². The standard InChI is InChI=1S/C14H22ClNO3S/c1-4-12-6-5-7-16(9-12)20(17,18)14-11(3)19-10(2)13(14)8-15/h12H,4-9H2,1-3H3. The lowest BCUT2D eigenvalue weighted by Gasteiger charge is -2.31. The first-order valence-electron chi connectivity index (χ1n) is 7.06. The van der Waals surface area contributed by atoms with Crippen molar-refractivity contribution in [1.82, 2.24) is 4.31 Å². The zero-order valence-corrected chi connectivity index (χ0v) is 13.9. The first kappa shape index (κ1) is 15.9. The summed E-state index contributed by atoms with van der Waals surface area (Å²) in [5, 5.41) is 0. The number of aryl methyl sites for hydroxylation is 2. The number of piperidine rings is 1. The molecule has 0 bridgehead atoms. The fourth-order valence-corrected chi connectivity index (χ4v) is 5.28. The van der Waals surface area contributed by atoms with E-state index in [4.69, 9.17) is 16.0 Å². The molecule has 20 heavy (non-hydrogen) atoms. The van der Waals surface area contributed by atoms with Gasteiger partial charge in [0.15, 0.2) is 0 Å². The molecule has 1 saturated heterocycles. The van der Waals surface area contributed by atoms with Crippen LogP contribution in [0.2, 0.25) is 0 Å². The molecular formula is C14H22ClNO3S. The molecule has 2 heterocycles. The smallest absolute Gasteiger partial charge is 0.246 e. The third-order valence-electron chi connectivity index (χ3n) is 4.12. The maximum atomic E-state index is 12.9. The van der Waals surface area contributed by atoms with Crippen LogP contribution in [0.1, 0.15) is 43.3 Å². The molecule has 0 N–H and O–H groups in total. The van der Waals surface area contributed by atoms with Crippen molar-refractivity contribution in [3.8, 4) is 0 Å². The number of furan rings is 1. The molecule has 6 heteroatoms. The van der Waals surface area contributed by atoms with Crippen molar-refractivity contribution in [2.45, 2.75) is 50.8 Å². The number of hydrogen-bond acceptors (Lipinski definition) is 3. The normalized spacial score (nSPS) is 21.3. The van der Waals surface area contributed by atoms with Gasteiger partial charge in [0.05, 0.1) is 5.88 Å². The van der Waals surface area contributed by atoms with Gasteiger partial charge in [-0.05, 0) is 32.6 Å². The average Bonchev–Trinajstić information content (AvgIpc) is 2.73. The van der Waals surface area contributed by atoms with Crippen molar-refractivity contribution in [3.05, 3.63) is 17.1 Å². The summed E-state index contributed by atoms with van der Waals surface area (Å²) in [6.07, 6.45) is 3.04. The Hall–Kier alpha value is -0.520.